The fourth-order valence-electron chi connectivity index (χ4n) is 2.50. The van der Waals surface area contributed by atoms with Gasteiger partial charge in [0.2, 0.25) is 0 Å². The molecular formula is C18H12Cl2N2O2. The van der Waals surface area contributed by atoms with Gasteiger partial charge in [-0.1, -0.05) is 23.2 Å². The summed E-state index contributed by atoms with van der Waals surface area (Å²) in [5.74, 6) is 2.77. The van der Waals surface area contributed by atoms with Crippen molar-refractivity contribution < 1.29 is 9.15 Å². The molecule has 6 heteroatoms. The van der Waals surface area contributed by atoms with E-state index in [-0.39, 0.29) is 0 Å². The number of furan rings is 1. The predicted molar refractivity (Wildman–Crippen MR) is 95.8 cm³/mol. The highest BCUT2D eigenvalue weighted by Gasteiger charge is 2.12. The Bertz CT molecular complexity index is 1040. The first-order valence-electron chi connectivity index (χ1n) is 7.23. The van der Waals surface area contributed by atoms with E-state index in [4.69, 9.17) is 32.4 Å². The Balaban J connectivity index is 1.72. The van der Waals surface area contributed by atoms with E-state index in [0.29, 0.717) is 27.4 Å². The molecule has 0 atom stereocenters. The topological polar surface area (TPSA) is 51.1 Å². The molecule has 0 fully saturated rings. The fraction of sp³-hybridized carbons (Fsp3) is 0.0556. The Morgan fingerprint density at radius 1 is 0.958 bits per heavy atom. The Labute approximate surface area is 148 Å². The molecule has 2 aromatic carbocycles. The van der Waals surface area contributed by atoms with E-state index < -0.39 is 0 Å². The molecule has 0 saturated carbocycles. The third kappa shape index (κ3) is 2.64. The summed E-state index contributed by atoms with van der Waals surface area (Å²) >= 11 is 12.0. The molecule has 2 heterocycles. The standard InChI is InChI=1S/C18H12Cl2N2O2/c1-23-11-3-5-14-15(9-11)22-18(21-14)17-7-6-16(24-17)10-2-4-12(19)13(20)8-10/h2-9H,1H3,(H,21,22). The second-order valence-electron chi connectivity index (χ2n) is 5.26. The van der Waals surface area contributed by atoms with Crippen LogP contribution in [-0.4, -0.2) is 17.1 Å². The van der Waals surface area contributed by atoms with Crippen LogP contribution in [0.1, 0.15) is 0 Å². The lowest BCUT2D eigenvalue weighted by Crippen LogP contribution is -1.81. The van der Waals surface area contributed by atoms with Crippen LogP contribution in [0.3, 0.4) is 0 Å². The van der Waals surface area contributed by atoms with Crippen LogP contribution in [0.25, 0.3) is 33.9 Å². The van der Waals surface area contributed by atoms with Gasteiger partial charge in [0.1, 0.15) is 11.5 Å². The number of aromatic amines is 1. The molecule has 0 bridgehead atoms. The molecule has 0 spiro atoms. The quantitative estimate of drug-likeness (QED) is 0.503. The number of benzene rings is 2. The lowest BCUT2D eigenvalue weighted by Gasteiger charge is -1.99. The van der Waals surface area contributed by atoms with Crippen LogP contribution < -0.4 is 4.74 Å². The number of H-pyrrole nitrogens is 1. The summed E-state index contributed by atoms with van der Waals surface area (Å²) in [5.41, 5.74) is 2.59. The molecule has 120 valence electrons. The molecule has 4 nitrogen and oxygen atoms in total. The minimum absolute atomic E-state index is 0.489. The van der Waals surface area contributed by atoms with Crippen molar-refractivity contribution in [3.63, 3.8) is 0 Å². The Hall–Kier alpha value is -2.43. The Morgan fingerprint density at radius 2 is 1.79 bits per heavy atom. The number of fused-ring (bicyclic) bond motifs is 1. The van der Waals surface area contributed by atoms with Crippen LogP contribution in [0.5, 0.6) is 5.75 Å². The average Bonchev–Trinajstić information content (AvgIpc) is 3.22. The van der Waals surface area contributed by atoms with Crippen LogP contribution in [0.4, 0.5) is 0 Å². The van der Waals surface area contributed by atoms with Crippen LogP contribution in [0.2, 0.25) is 10.0 Å². The monoisotopic (exact) mass is 358 g/mol. The highest BCUT2D eigenvalue weighted by molar-refractivity contribution is 6.42. The number of rotatable bonds is 3. The summed E-state index contributed by atoms with van der Waals surface area (Å²) < 4.78 is 11.1. The van der Waals surface area contributed by atoms with Crippen molar-refractivity contribution in [1.82, 2.24) is 9.97 Å². The van der Waals surface area contributed by atoms with Crippen LogP contribution in [-0.2, 0) is 0 Å². The maximum atomic E-state index is 6.07. The Morgan fingerprint density at radius 3 is 2.58 bits per heavy atom. The SMILES string of the molecule is COc1ccc2nc(-c3ccc(-c4ccc(Cl)c(Cl)c4)o3)[nH]c2c1. The average molecular weight is 359 g/mol. The van der Waals surface area contributed by atoms with Crippen molar-refractivity contribution in [3.8, 4) is 28.7 Å². The molecule has 24 heavy (non-hydrogen) atoms. The first kappa shape index (κ1) is 15.1. The lowest BCUT2D eigenvalue weighted by molar-refractivity contribution is 0.415. The molecule has 0 saturated heterocycles. The zero-order chi connectivity index (χ0) is 16.7. The van der Waals surface area contributed by atoms with Gasteiger partial charge in [0.25, 0.3) is 0 Å². The first-order chi connectivity index (χ1) is 11.6. The molecule has 1 N–H and O–H groups in total. The fourth-order valence-corrected chi connectivity index (χ4v) is 2.80. The van der Waals surface area contributed by atoms with Gasteiger partial charge in [-0.15, -0.1) is 0 Å². The second-order valence-corrected chi connectivity index (χ2v) is 6.08. The number of imidazole rings is 1. The molecule has 0 radical (unpaired) electrons. The van der Waals surface area contributed by atoms with E-state index in [1.165, 1.54) is 0 Å². The van der Waals surface area contributed by atoms with E-state index >= 15 is 0 Å². The molecule has 2 aromatic heterocycles. The molecule has 0 aliphatic rings. The number of aromatic nitrogens is 2. The number of ether oxygens (including phenoxy) is 1. The Kier molecular flexibility index (Phi) is 3.71. The van der Waals surface area contributed by atoms with Gasteiger partial charge in [-0.2, -0.15) is 0 Å². The van der Waals surface area contributed by atoms with Gasteiger partial charge in [-0.25, -0.2) is 4.98 Å². The predicted octanol–water partition coefficient (Wildman–Crippen LogP) is 5.81. The third-order valence-electron chi connectivity index (χ3n) is 3.73. The van der Waals surface area contributed by atoms with Crippen molar-refractivity contribution >= 4 is 34.2 Å². The van der Waals surface area contributed by atoms with E-state index in [1.54, 1.807) is 19.2 Å². The van der Waals surface area contributed by atoms with Crippen LogP contribution in [0.15, 0.2) is 52.9 Å². The minimum atomic E-state index is 0.489. The summed E-state index contributed by atoms with van der Waals surface area (Å²) in [6, 6.07) is 14.8. The third-order valence-corrected chi connectivity index (χ3v) is 4.47. The van der Waals surface area contributed by atoms with Crippen molar-refractivity contribution in [1.29, 1.82) is 0 Å². The number of methoxy groups -OCH3 is 1. The normalized spacial score (nSPS) is 11.1. The number of hydrogen-bond acceptors (Lipinski definition) is 3. The van der Waals surface area contributed by atoms with E-state index in [2.05, 4.69) is 9.97 Å². The maximum absolute atomic E-state index is 6.07. The lowest BCUT2D eigenvalue weighted by atomic mass is 10.2. The number of nitrogens with zero attached hydrogens (tertiary/aromatic N) is 1. The van der Waals surface area contributed by atoms with E-state index in [9.17, 15) is 0 Å². The minimum Gasteiger partial charge on any atom is -0.497 e. The first-order valence-corrected chi connectivity index (χ1v) is 7.99. The summed E-state index contributed by atoms with van der Waals surface area (Å²) in [6.45, 7) is 0. The van der Waals surface area contributed by atoms with Gasteiger partial charge >= 0.3 is 0 Å². The van der Waals surface area contributed by atoms with Crippen molar-refractivity contribution in [2.45, 2.75) is 0 Å². The largest absolute Gasteiger partial charge is 0.497 e. The summed E-state index contributed by atoms with van der Waals surface area (Å²) in [6.07, 6.45) is 0. The van der Waals surface area contributed by atoms with Gasteiger partial charge in [-0.3, -0.25) is 0 Å². The molecular weight excluding hydrogens is 347 g/mol. The highest BCUT2D eigenvalue weighted by atomic mass is 35.5. The smallest absolute Gasteiger partial charge is 0.174 e. The van der Waals surface area contributed by atoms with E-state index in [1.807, 2.05) is 36.4 Å². The second kappa shape index (κ2) is 5.89. The molecule has 0 aliphatic heterocycles. The number of nitrogens with one attached hydrogen (secondary N) is 1. The summed E-state index contributed by atoms with van der Waals surface area (Å²) in [4.78, 5) is 7.78. The zero-order valence-electron chi connectivity index (χ0n) is 12.6. The van der Waals surface area contributed by atoms with Crippen molar-refractivity contribution in [3.05, 3.63) is 58.6 Å². The maximum Gasteiger partial charge on any atom is 0.174 e. The zero-order valence-corrected chi connectivity index (χ0v) is 14.2. The van der Waals surface area contributed by atoms with Crippen LogP contribution in [0, 0.1) is 0 Å². The molecule has 0 unspecified atom stereocenters. The number of halogens is 2. The van der Waals surface area contributed by atoms with Crippen molar-refractivity contribution in [2.24, 2.45) is 0 Å². The van der Waals surface area contributed by atoms with Crippen LogP contribution >= 0.6 is 23.2 Å². The molecule has 4 aromatic rings. The molecule has 4 rings (SSSR count). The van der Waals surface area contributed by atoms with Gasteiger partial charge in [0.05, 0.1) is 28.2 Å². The highest BCUT2D eigenvalue weighted by Crippen LogP contribution is 2.32. The molecule has 0 aliphatic carbocycles. The van der Waals surface area contributed by atoms with Gasteiger partial charge in [-0.05, 0) is 42.5 Å². The molecule has 0 amide bonds. The summed E-state index contributed by atoms with van der Waals surface area (Å²) in [5, 5.41) is 1.00. The van der Waals surface area contributed by atoms with E-state index in [0.717, 1.165) is 22.3 Å². The van der Waals surface area contributed by atoms with Gasteiger partial charge in [0.15, 0.2) is 11.6 Å². The summed E-state index contributed by atoms with van der Waals surface area (Å²) in [7, 11) is 1.63. The van der Waals surface area contributed by atoms with Gasteiger partial charge in [0, 0.05) is 11.6 Å². The van der Waals surface area contributed by atoms with Crippen molar-refractivity contribution in [2.75, 3.05) is 7.11 Å². The van der Waals surface area contributed by atoms with Gasteiger partial charge < -0.3 is 14.1 Å². The number of hydrogen-bond donors (Lipinski definition) is 1.